The number of imidazole rings is 1. The first-order valence-corrected chi connectivity index (χ1v) is 8.49. The number of hydrogen-bond acceptors (Lipinski definition) is 3. The number of aromatic nitrogens is 2. The van der Waals surface area contributed by atoms with Crippen molar-refractivity contribution in [1.82, 2.24) is 9.55 Å². The Hall–Kier alpha value is -2.40. The van der Waals surface area contributed by atoms with E-state index in [1.165, 1.54) is 12.1 Å². The zero-order chi connectivity index (χ0) is 17.4. The third kappa shape index (κ3) is 2.89. The molecule has 0 saturated carbocycles. The molecule has 5 heteroatoms. The Morgan fingerprint density at radius 3 is 2.92 bits per heavy atom. The molecule has 2 aromatic carbocycles. The normalized spacial score (nSPS) is 16.7. The van der Waals surface area contributed by atoms with Gasteiger partial charge in [-0.25, -0.2) is 9.37 Å². The van der Waals surface area contributed by atoms with Crippen molar-refractivity contribution in [3.63, 3.8) is 0 Å². The zero-order valence-electron chi connectivity index (χ0n) is 14.4. The lowest BCUT2D eigenvalue weighted by Crippen LogP contribution is -2.17. The smallest absolute Gasteiger partial charge is 0.149 e. The molecule has 1 unspecified atom stereocenters. The van der Waals surface area contributed by atoms with Crippen molar-refractivity contribution in [1.29, 1.82) is 0 Å². The van der Waals surface area contributed by atoms with Gasteiger partial charge in [0.05, 0.1) is 12.1 Å². The largest absolute Gasteiger partial charge is 0.483 e. The van der Waals surface area contributed by atoms with E-state index in [2.05, 4.69) is 15.6 Å². The Balaban J connectivity index is 1.76. The van der Waals surface area contributed by atoms with Crippen molar-refractivity contribution in [2.75, 3.05) is 13.7 Å². The molecule has 0 amide bonds. The topological polar surface area (TPSA) is 36.3 Å². The fourth-order valence-corrected chi connectivity index (χ4v) is 3.45. The molecule has 25 heavy (non-hydrogen) atoms. The monoisotopic (exact) mass is 339 g/mol. The predicted octanol–water partition coefficient (Wildman–Crippen LogP) is 4.00. The average molecular weight is 339 g/mol. The maximum Gasteiger partial charge on any atom is 0.149 e. The second kappa shape index (κ2) is 6.48. The first-order valence-electron chi connectivity index (χ1n) is 8.49. The number of hydrogen-bond donors (Lipinski definition) is 0. The molecule has 129 valence electrons. The Morgan fingerprint density at radius 2 is 2.16 bits per heavy atom. The summed E-state index contributed by atoms with van der Waals surface area (Å²) in [5.41, 5.74) is 3.94. The molecule has 1 aromatic heterocycles. The van der Waals surface area contributed by atoms with Crippen molar-refractivity contribution in [2.24, 2.45) is 0 Å². The van der Waals surface area contributed by atoms with E-state index in [1.807, 2.05) is 13.0 Å². The molecule has 1 radical (unpaired) electrons. The standard InChI is InChI=1S/C20H20FN2O2/c1-13-22-17-9-5-15-6-10-18(14-3-7-16(21)8-4-14)25-20(15)19(17)23(13)11-12-24-2/h3-4,7-9,18H,6,10-12H2,1-2H3. The number of ether oxygens (including phenoxy) is 2. The number of nitrogens with zero attached hydrogens (tertiary/aromatic N) is 2. The summed E-state index contributed by atoms with van der Waals surface area (Å²) in [6.07, 6.45) is 1.64. The Labute approximate surface area is 146 Å². The maximum atomic E-state index is 13.2. The molecule has 3 aromatic rings. The van der Waals surface area contributed by atoms with Gasteiger partial charge in [0.25, 0.3) is 0 Å². The van der Waals surface area contributed by atoms with Gasteiger partial charge in [-0.3, -0.25) is 0 Å². The molecule has 4 nitrogen and oxygen atoms in total. The third-order valence-electron chi connectivity index (χ3n) is 4.74. The van der Waals surface area contributed by atoms with Gasteiger partial charge in [-0.05, 0) is 49.6 Å². The summed E-state index contributed by atoms with van der Waals surface area (Å²) in [5.74, 6) is 1.54. The van der Waals surface area contributed by atoms with Gasteiger partial charge in [0.2, 0.25) is 0 Å². The van der Waals surface area contributed by atoms with Gasteiger partial charge in [0, 0.05) is 19.2 Å². The molecule has 0 saturated heterocycles. The Bertz CT molecular complexity index is 902. The fraction of sp³-hybridized carbons (Fsp3) is 0.350. The minimum Gasteiger partial charge on any atom is -0.483 e. The van der Waals surface area contributed by atoms with Crippen LogP contribution in [0.25, 0.3) is 11.0 Å². The van der Waals surface area contributed by atoms with Crippen molar-refractivity contribution >= 4 is 11.0 Å². The molecule has 2 heterocycles. The van der Waals surface area contributed by atoms with Crippen LogP contribution in [0.2, 0.25) is 0 Å². The number of aryl methyl sites for hydroxylation is 2. The highest BCUT2D eigenvalue weighted by Gasteiger charge is 2.26. The van der Waals surface area contributed by atoms with Crippen LogP contribution >= 0.6 is 0 Å². The minimum absolute atomic E-state index is 0.0850. The second-order valence-electron chi connectivity index (χ2n) is 6.33. The summed E-state index contributed by atoms with van der Waals surface area (Å²) >= 11 is 0. The van der Waals surface area contributed by atoms with Crippen molar-refractivity contribution < 1.29 is 13.9 Å². The van der Waals surface area contributed by atoms with E-state index in [9.17, 15) is 4.39 Å². The molecule has 1 atom stereocenters. The predicted molar refractivity (Wildman–Crippen MR) is 93.3 cm³/mol. The Morgan fingerprint density at radius 1 is 1.36 bits per heavy atom. The molecule has 1 aliphatic heterocycles. The van der Waals surface area contributed by atoms with Crippen LogP contribution in [-0.2, 0) is 17.7 Å². The lowest BCUT2D eigenvalue weighted by molar-refractivity contribution is 0.176. The number of methoxy groups -OCH3 is 1. The number of rotatable bonds is 4. The van der Waals surface area contributed by atoms with Crippen LogP contribution in [0.4, 0.5) is 4.39 Å². The van der Waals surface area contributed by atoms with Gasteiger partial charge in [-0.1, -0.05) is 12.1 Å². The maximum absolute atomic E-state index is 13.2. The van der Waals surface area contributed by atoms with Crippen molar-refractivity contribution in [3.8, 4) is 5.75 Å². The van der Waals surface area contributed by atoms with E-state index < -0.39 is 0 Å². The fourth-order valence-electron chi connectivity index (χ4n) is 3.45. The van der Waals surface area contributed by atoms with Gasteiger partial charge in [0.15, 0.2) is 0 Å². The van der Waals surface area contributed by atoms with Crippen LogP contribution in [0.3, 0.4) is 0 Å². The highest BCUT2D eigenvalue weighted by molar-refractivity contribution is 5.84. The molecule has 0 bridgehead atoms. The van der Waals surface area contributed by atoms with Crippen molar-refractivity contribution in [2.45, 2.75) is 32.4 Å². The average Bonchev–Trinajstić information content (AvgIpc) is 2.96. The van der Waals surface area contributed by atoms with Crippen molar-refractivity contribution in [3.05, 3.63) is 59.2 Å². The van der Waals surface area contributed by atoms with E-state index in [4.69, 9.17) is 9.47 Å². The summed E-state index contributed by atoms with van der Waals surface area (Å²) in [5, 5.41) is 0. The van der Waals surface area contributed by atoms with Gasteiger partial charge in [0.1, 0.15) is 29.0 Å². The summed E-state index contributed by atoms with van der Waals surface area (Å²) in [4.78, 5) is 4.63. The van der Waals surface area contributed by atoms with Crippen LogP contribution in [-0.4, -0.2) is 23.3 Å². The highest BCUT2D eigenvalue weighted by atomic mass is 19.1. The first kappa shape index (κ1) is 16.1. The van der Waals surface area contributed by atoms with E-state index in [0.29, 0.717) is 6.61 Å². The highest BCUT2D eigenvalue weighted by Crippen LogP contribution is 2.40. The number of halogens is 1. The molecule has 0 fully saturated rings. The lowest BCUT2D eigenvalue weighted by Gasteiger charge is -2.27. The molecule has 4 rings (SSSR count). The van der Waals surface area contributed by atoms with Crippen LogP contribution in [0, 0.1) is 18.8 Å². The number of benzene rings is 2. The van der Waals surface area contributed by atoms with Crippen LogP contribution in [0.5, 0.6) is 5.75 Å². The third-order valence-corrected chi connectivity index (χ3v) is 4.74. The van der Waals surface area contributed by atoms with Gasteiger partial charge < -0.3 is 14.0 Å². The van der Waals surface area contributed by atoms with E-state index in [0.717, 1.165) is 53.1 Å². The SMILES string of the molecule is COCCn1c(C)nc2c[c]c3c(c21)OC(c1ccc(F)cc1)CC3. The molecule has 0 N–H and O–H groups in total. The molecular weight excluding hydrogens is 319 g/mol. The molecule has 0 spiro atoms. The molecule has 0 aliphatic carbocycles. The summed E-state index contributed by atoms with van der Waals surface area (Å²) in [6.45, 7) is 3.32. The first-order chi connectivity index (χ1) is 12.2. The Kier molecular flexibility index (Phi) is 4.17. The van der Waals surface area contributed by atoms with Crippen LogP contribution in [0.15, 0.2) is 30.3 Å². The van der Waals surface area contributed by atoms with E-state index in [-0.39, 0.29) is 11.9 Å². The van der Waals surface area contributed by atoms with E-state index >= 15 is 0 Å². The summed E-state index contributed by atoms with van der Waals surface area (Å²) in [6, 6.07) is 11.8. The summed E-state index contributed by atoms with van der Waals surface area (Å²) in [7, 11) is 1.69. The molecule has 1 aliphatic rings. The van der Waals surface area contributed by atoms with Gasteiger partial charge in [-0.2, -0.15) is 0 Å². The van der Waals surface area contributed by atoms with E-state index in [1.54, 1.807) is 19.2 Å². The van der Waals surface area contributed by atoms with Crippen LogP contribution in [0.1, 0.15) is 29.5 Å². The van der Waals surface area contributed by atoms with Crippen LogP contribution < -0.4 is 4.74 Å². The van der Waals surface area contributed by atoms with Gasteiger partial charge in [-0.15, -0.1) is 0 Å². The van der Waals surface area contributed by atoms with Gasteiger partial charge >= 0.3 is 0 Å². The lowest BCUT2D eigenvalue weighted by atomic mass is 9.97. The number of fused-ring (bicyclic) bond motifs is 3. The minimum atomic E-state index is -0.232. The quantitative estimate of drug-likeness (QED) is 0.721. The second-order valence-corrected chi connectivity index (χ2v) is 6.33. The molecular formula is C20H20FN2O2. The summed E-state index contributed by atoms with van der Waals surface area (Å²) < 4.78 is 26.9. The zero-order valence-corrected chi connectivity index (χ0v) is 14.4.